The van der Waals surface area contributed by atoms with E-state index in [1.54, 1.807) is 27.0 Å². The van der Waals surface area contributed by atoms with Crippen LogP contribution in [-0.4, -0.2) is 49.5 Å². The number of halogens is 3. The quantitative estimate of drug-likeness (QED) is 0.679. The molecule has 0 aromatic carbocycles. The van der Waals surface area contributed by atoms with Crippen LogP contribution >= 0.6 is 0 Å². The largest absolute Gasteiger partial charge is 0.453 e. The van der Waals surface area contributed by atoms with Crippen LogP contribution in [0, 0.1) is 13.8 Å². The van der Waals surface area contributed by atoms with E-state index in [0.717, 1.165) is 4.52 Å². The summed E-state index contributed by atoms with van der Waals surface area (Å²) < 4.78 is 51.0. The molecule has 0 spiro atoms. The molecule has 0 radical (unpaired) electrons. The van der Waals surface area contributed by atoms with Crippen molar-refractivity contribution in [3.63, 3.8) is 0 Å². The zero-order chi connectivity index (χ0) is 19.3. The Kier molecular flexibility index (Phi) is 4.02. The molecule has 1 fully saturated rings. The number of aromatic nitrogens is 6. The van der Waals surface area contributed by atoms with Crippen LogP contribution in [0.15, 0.2) is 10.6 Å². The maximum atomic E-state index is 13.1. The zero-order valence-corrected chi connectivity index (χ0v) is 14.7. The van der Waals surface area contributed by atoms with Crippen LogP contribution in [0.1, 0.15) is 35.7 Å². The number of alkyl halides is 3. The maximum Gasteiger partial charge on any atom is 0.453 e. The first-order chi connectivity index (χ1) is 12.8. The third kappa shape index (κ3) is 3.09. The van der Waals surface area contributed by atoms with Crippen molar-refractivity contribution in [2.75, 3.05) is 18.6 Å². The van der Waals surface area contributed by atoms with Crippen molar-refractivity contribution in [1.82, 2.24) is 29.7 Å². The fraction of sp³-hybridized carbons (Fsp3) is 0.533. The number of ether oxygens (including phenoxy) is 1. The summed E-state index contributed by atoms with van der Waals surface area (Å²) in [7, 11) is 1.58. The molecule has 0 N–H and O–H groups in total. The lowest BCUT2D eigenvalue weighted by Gasteiger charge is -2.24. The molecule has 0 bridgehead atoms. The van der Waals surface area contributed by atoms with E-state index in [1.807, 2.05) is 4.90 Å². The number of aryl methyl sites for hydroxylation is 2. The lowest BCUT2D eigenvalue weighted by molar-refractivity contribution is -0.144. The van der Waals surface area contributed by atoms with Crippen molar-refractivity contribution in [2.24, 2.45) is 0 Å². The van der Waals surface area contributed by atoms with E-state index in [4.69, 9.17) is 9.26 Å². The van der Waals surface area contributed by atoms with E-state index >= 15 is 0 Å². The van der Waals surface area contributed by atoms with E-state index in [2.05, 4.69) is 25.2 Å². The summed E-state index contributed by atoms with van der Waals surface area (Å²) in [5.74, 6) is -0.123. The van der Waals surface area contributed by atoms with Crippen molar-refractivity contribution in [3.8, 4) is 0 Å². The third-order valence-electron chi connectivity index (χ3n) is 4.39. The molecular weight excluding hydrogens is 367 g/mol. The Morgan fingerprint density at radius 2 is 2.00 bits per heavy atom. The van der Waals surface area contributed by atoms with Gasteiger partial charge in [0.1, 0.15) is 11.9 Å². The van der Waals surface area contributed by atoms with Crippen LogP contribution in [0.25, 0.3) is 5.78 Å². The van der Waals surface area contributed by atoms with Gasteiger partial charge in [0.05, 0.1) is 6.10 Å². The predicted octanol–water partition coefficient (Wildman–Crippen LogP) is 2.11. The molecule has 1 saturated heterocycles. The smallest absolute Gasteiger partial charge is 0.380 e. The van der Waals surface area contributed by atoms with E-state index in [9.17, 15) is 13.2 Å². The summed E-state index contributed by atoms with van der Waals surface area (Å²) in [6, 6.07) is 1.29. The SMILES string of the molecule is COC1CC(c2nc(C)no2)N(c2cc(C)nc3nc(C(F)(F)F)nn23)C1. The molecule has 2 atom stereocenters. The Labute approximate surface area is 151 Å². The molecule has 0 saturated carbocycles. The molecule has 3 aromatic heterocycles. The molecule has 9 nitrogen and oxygen atoms in total. The lowest BCUT2D eigenvalue weighted by Crippen LogP contribution is -2.27. The lowest BCUT2D eigenvalue weighted by atomic mass is 10.2. The molecule has 0 aliphatic carbocycles. The number of anilines is 1. The minimum absolute atomic E-state index is 0.126. The van der Waals surface area contributed by atoms with Gasteiger partial charge < -0.3 is 14.2 Å². The van der Waals surface area contributed by atoms with Crippen molar-refractivity contribution in [2.45, 2.75) is 38.6 Å². The van der Waals surface area contributed by atoms with Gasteiger partial charge in [0.2, 0.25) is 5.89 Å². The van der Waals surface area contributed by atoms with Gasteiger partial charge in [-0.3, -0.25) is 0 Å². The minimum Gasteiger partial charge on any atom is -0.380 e. The monoisotopic (exact) mass is 383 g/mol. The summed E-state index contributed by atoms with van der Waals surface area (Å²) in [6.45, 7) is 3.80. The van der Waals surface area contributed by atoms with E-state index in [0.29, 0.717) is 36.2 Å². The Morgan fingerprint density at radius 1 is 1.22 bits per heavy atom. The first kappa shape index (κ1) is 17.6. The molecule has 4 heterocycles. The van der Waals surface area contributed by atoms with Gasteiger partial charge in [0, 0.05) is 31.8 Å². The van der Waals surface area contributed by atoms with E-state index < -0.39 is 12.0 Å². The number of hydrogen-bond acceptors (Lipinski definition) is 8. The van der Waals surface area contributed by atoms with Crippen molar-refractivity contribution < 1.29 is 22.4 Å². The summed E-state index contributed by atoms with van der Waals surface area (Å²) in [4.78, 5) is 13.7. The average Bonchev–Trinajstić information content (AvgIpc) is 3.29. The number of hydrogen-bond donors (Lipinski definition) is 0. The van der Waals surface area contributed by atoms with Crippen LogP contribution in [0.4, 0.5) is 19.0 Å². The third-order valence-corrected chi connectivity index (χ3v) is 4.39. The molecule has 2 unspecified atom stereocenters. The minimum atomic E-state index is -4.66. The van der Waals surface area contributed by atoms with Gasteiger partial charge in [-0.1, -0.05) is 5.16 Å². The molecule has 1 aliphatic rings. The van der Waals surface area contributed by atoms with Gasteiger partial charge in [-0.2, -0.15) is 27.7 Å². The van der Waals surface area contributed by atoms with Gasteiger partial charge in [-0.25, -0.2) is 4.98 Å². The molecule has 27 heavy (non-hydrogen) atoms. The highest BCUT2D eigenvalue weighted by molar-refractivity contribution is 5.50. The van der Waals surface area contributed by atoms with Crippen molar-refractivity contribution >= 4 is 11.6 Å². The van der Waals surface area contributed by atoms with Gasteiger partial charge in [-0.05, 0) is 13.8 Å². The average molecular weight is 383 g/mol. The molecule has 1 aliphatic heterocycles. The normalized spacial score (nSPS) is 20.7. The number of rotatable bonds is 3. The van der Waals surface area contributed by atoms with Gasteiger partial charge in [0.25, 0.3) is 11.6 Å². The molecule has 0 amide bonds. The molecule has 4 rings (SSSR count). The Balaban J connectivity index is 1.84. The Morgan fingerprint density at radius 3 is 2.63 bits per heavy atom. The fourth-order valence-corrected chi connectivity index (χ4v) is 3.20. The zero-order valence-electron chi connectivity index (χ0n) is 14.7. The van der Waals surface area contributed by atoms with Gasteiger partial charge in [0.15, 0.2) is 5.82 Å². The summed E-state index contributed by atoms with van der Waals surface area (Å²) >= 11 is 0. The van der Waals surface area contributed by atoms with Crippen LogP contribution in [0.3, 0.4) is 0 Å². The van der Waals surface area contributed by atoms with Crippen LogP contribution in [0.5, 0.6) is 0 Å². The Bertz CT molecular complexity index is 984. The number of fused-ring (bicyclic) bond motifs is 1. The van der Waals surface area contributed by atoms with E-state index in [1.165, 1.54) is 0 Å². The molecule has 144 valence electrons. The standard InChI is InChI=1S/C15H16F3N7O2/c1-7-4-11(25-14(19-7)21-13(22-25)15(16,17)18)24-6-9(26-3)5-10(24)12-20-8(2)23-27-12/h4,9-10H,5-6H2,1-3H3. The predicted molar refractivity (Wildman–Crippen MR) is 85.1 cm³/mol. The van der Waals surface area contributed by atoms with Crippen LogP contribution < -0.4 is 4.90 Å². The maximum absolute atomic E-state index is 13.1. The van der Waals surface area contributed by atoms with Gasteiger partial charge >= 0.3 is 6.18 Å². The fourth-order valence-electron chi connectivity index (χ4n) is 3.20. The van der Waals surface area contributed by atoms with Crippen molar-refractivity contribution in [1.29, 1.82) is 0 Å². The molecule has 12 heteroatoms. The van der Waals surface area contributed by atoms with Crippen LogP contribution in [0.2, 0.25) is 0 Å². The summed E-state index contributed by atoms with van der Waals surface area (Å²) in [5, 5.41) is 7.43. The number of methoxy groups -OCH3 is 1. The second-order valence-electron chi connectivity index (χ2n) is 6.34. The Hall–Kier alpha value is -2.76. The van der Waals surface area contributed by atoms with Crippen molar-refractivity contribution in [3.05, 3.63) is 29.3 Å². The first-order valence-electron chi connectivity index (χ1n) is 8.17. The molecular formula is C15H16F3N7O2. The second-order valence-corrected chi connectivity index (χ2v) is 6.34. The first-order valence-corrected chi connectivity index (χ1v) is 8.17. The summed E-state index contributed by atoms with van der Waals surface area (Å²) in [6.07, 6.45) is -4.28. The second kappa shape index (κ2) is 6.15. The highest BCUT2D eigenvalue weighted by Gasteiger charge is 2.40. The number of nitrogens with zero attached hydrogens (tertiary/aromatic N) is 7. The molecule has 3 aromatic rings. The topological polar surface area (TPSA) is 94.5 Å². The highest BCUT2D eigenvalue weighted by atomic mass is 19.4. The van der Waals surface area contributed by atoms with E-state index in [-0.39, 0.29) is 17.9 Å². The highest BCUT2D eigenvalue weighted by Crippen LogP contribution is 2.37. The van der Waals surface area contributed by atoms with Crippen LogP contribution in [-0.2, 0) is 10.9 Å². The van der Waals surface area contributed by atoms with Gasteiger partial charge in [-0.15, -0.1) is 5.10 Å². The summed E-state index contributed by atoms with van der Waals surface area (Å²) in [5.41, 5.74) is 0.514.